The molecule has 28 heteroatoms. The molecule has 0 unspecified atom stereocenters. The number of nitrogens with two attached hydrogens (primary N) is 7. The number of nitrogens with zero attached hydrogens (tertiary/aromatic N) is 3. The predicted molar refractivity (Wildman–Crippen MR) is 330 cm³/mol. The summed E-state index contributed by atoms with van der Waals surface area (Å²) in [5, 5.41) is 18.9. The normalized spacial score (nSPS) is 15.1. The maximum absolute atomic E-state index is 14.6. The number of carbonyl (C=O) groups is 10. The highest BCUT2D eigenvalue weighted by molar-refractivity contribution is 5.99. The van der Waals surface area contributed by atoms with E-state index in [1.165, 1.54) is 4.90 Å². The molecule has 1 aliphatic rings. The number of hydrogen-bond donors (Lipinski definition) is 14. The van der Waals surface area contributed by atoms with Crippen LogP contribution < -0.4 is 82.1 Å². The van der Waals surface area contributed by atoms with E-state index < -0.39 is 120 Å². The number of guanidine groups is 2. The van der Waals surface area contributed by atoms with E-state index >= 15 is 0 Å². The maximum atomic E-state index is 14.6. The lowest BCUT2D eigenvalue weighted by Crippen LogP contribution is -2.61. The van der Waals surface area contributed by atoms with E-state index in [4.69, 9.17) is 44.9 Å². The summed E-state index contributed by atoms with van der Waals surface area (Å²) in [6, 6.07) is 14.3. The standard InChI is InChI=1S/C60H89N17O11/c1-4-88-40-26-24-39(25-27-40)33-44(70-49(79)34-38-18-9-6-10-19-38)53(82)74-45(32-37-16-7-5-8-17-37)55(84)76-50(36(2)3)57(86)75-46(35-48(62)78)54(83)73-43(20-11-12-28-61)58(87)77-31-15-23-47(77)56(85)72-42(22-14-30-69-60(66)67)52(81)71-41(51(63)80)21-13-29-68-59(64)65/h5-10,16-19,24-27,36,41-47,50H,4,11-15,20-23,28-35,61H2,1-3H3,(H2,62,78)(H2,63,80)(H,70,79)(H,71,81)(H,72,85)(H,73,83)(H,74,82)(H,75,86)(H,76,84)(H4,64,65,68)(H4,66,67,69)/t41-,42-,43-,44+,45-,46-,47-,50-/m0/s1. The fourth-order valence-electron chi connectivity index (χ4n) is 9.78. The Kier molecular flexibility index (Phi) is 30.1. The van der Waals surface area contributed by atoms with Gasteiger partial charge in [0, 0.05) is 32.5 Å². The number of hydrogen-bond acceptors (Lipinski definition) is 14. The summed E-state index contributed by atoms with van der Waals surface area (Å²) in [5.41, 5.74) is 40.9. The van der Waals surface area contributed by atoms with Crippen molar-refractivity contribution in [1.82, 2.24) is 42.1 Å². The van der Waals surface area contributed by atoms with Gasteiger partial charge in [-0.3, -0.25) is 57.9 Å². The molecule has 8 atom stereocenters. The molecule has 480 valence electrons. The number of rotatable bonds is 38. The molecule has 0 bridgehead atoms. The van der Waals surface area contributed by atoms with E-state index in [9.17, 15) is 47.9 Å². The van der Waals surface area contributed by atoms with E-state index in [0.29, 0.717) is 48.3 Å². The average molecular weight is 1220 g/mol. The summed E-state index contributed by atoms with van der Waals surface area (Å²) in [5.74, 6) is -8.27. The number of likely N-dealkylation sites (tertiary alicyclic amines) is 1. The first kappa shape index (κ1) is 71.1. The molecular weight excluding hydrogens is 1130 g/mol. The van der Waals surface area contributed by atoms with Crippen molar-refractivity contribution < 1.29 is 52.7 Å². The summed E-state index contributed by atoms with van der Waals surface area (Å²) in [4.78, 5) is 148. The highest BCUT2D eigenvalue weighted by Gasteiger charge is 2.41. The summed E-state index contributed by atoms with van der Waals surface area (Å²) in [6.07, 6.45) is 1.00. The van der Waals surface area contributed by atoms with Gasteiger partial charge in [0.05, 0.1) is 19.4 Å². The molecule has 4 rings (SSSR count). The first-order valence-electron chi connectivity index (χ1n) is 29.6. The molecule has 21 N–H and O–H groups in total. The molecule has 10 amide bonds. The zero-order valence-corrected chi connectivity index (χ0v) is 50.4. The van der Waals surface area contributed by atoms with Crippen molar-refractivity contribution in [3.8, 4) is 5.75 Å². The summed E-state index contributed by atoms with van der Waals surface area (Å²) in [6.45, 7) is 6.07. The zero-order chi connectivity index (χ0) is 64.7. The van der Waals surface area contributed by atoms with Crippen LogP contribution in [-0.4, -0.2) is 157 Å². The molecule has 28 nitrogen and oxygen atoms in total. The van der Waals surface area contributed by atoms with Crippen molar-refractivity contribution in [2.75, 3.05) is 32.8 Å². The molecule has 1 aliphatic heterocycles. The van der Waals surface area contributed by atoms with Crippen molar-refractivity contribution in [3.05, 3.63) is 102 Å². The van der Waals surface area contributed by atoms with Gasteiger partial charge in [0.15, 0.2) is 11.9 Å². The van der Waals surface area contributed by atoms with E-state index in [1.54, 1.807) is 92.7 Å². The highest BCUT2D eigenvalue weighted by atomic mass is 16.5. The largest absolute Gasteiger partial charge is 0.494 e. The zero-order valence-electron chi connectivity index (χ0n) is 50.4. The van der Waals surface area contributed by atoms with Gasteiger partial charge in [0.2, 0.25) is 59.1 Å². The number of ether oxygens (including phenoxy) is 1. The van der Waals surface area contributed by atoms with Crippen molar-refractivity contribution in [1.29, 1.82) is 0 Å². The molecule has 0 saturated carbocycles. The van der Waals surface area contributed by atoms with Crippen LogP contribution in [0.25, 0.3) is 0 Å². The lowest BCUT2D eigenvalue weighted by Gasteiger charge is -2.31. The Balaban J connectivity index is 1.57. The predicted octanol–water partition coefficient (Wildman–Crippen LogP) is -2.25. The number of nitrogens with one attached hydrogen (secondary N) is 7. The van der Waals surface area contributed by atoms with Crippen molar-refractivity contribution in [2.24, 2.45) is 56.0 Å². The van der Waals surface area contributed by atoms with Crippen LogP contribution in [0.2, 0.25) is 0 Å². The monoisotopic (exact) mass is 1220 g/mol. The van der Waals surface area contributed by atoms with Crippen LogP contribution in [0, 0.1) is 5.92 Å². The molecule has 3 aromatic rings. The van der Waals surface area contributed by atoms with E-state index in [1.807, 2.05) is 13.0 Å². The number of benzene rings is 3. The lowest BCUT2D eigenvalue weighted by atomic mass is 9.99. The van der Waals surface area contributed by atoms with Crippen LogP contribution in [0.3, 0.4) is 0 Å². The number of carbonyl (C=O) groups excluding carboxylic acids is 10. The fourth-order valence-corrected chi connectivity index (χ4v) is 9.78. The minimum Gasteiger partial charge on any atom is -0.494 e. The third-order valence-corrected chi connectivity index (χ3v) is 14.3. The second-order valence-electron chi connectivity index (χ2n) is 21.7. The van der Waals surface area contributed by atoms with Crippen LogP contribution in [0.15, 0.2) is 94.9 Å². The van der Waals surface area contributed by atoms with Gasteiger partial charge in [0.25, 0.3) is 0 Å². The van der Waals surface area contributed by atoms with Crippen molar-refractivity contribution >= 4 is 71.0 Å². The third-order valence-electron chi connectivity index (χ3n) is 14.3. The Morgan fingerprint density at radius 3 is 1.61 bits per heavy atom. The molecule has 88 heavy (non-hydrogen) atoms. The van der Waals surface area contributed by atoms with Gasteiger partial charge >= 0.3 is 0 Å². The summed E-state index contributed by atoms with van der Waals surface area (Å²) < 4.78 is 5.59. The SMILES string of the molecule is CCOc1ccc(C[C@@H](NC(=O)Cc2ccccc2)C(=O)N[C@@H](Cc2ccccc2)C(=O)N[C@H](C(=O)N[C@@H](CC(N)=O)C(=O)N[C@@H](CCCCN)C(=O)N2CCC[C@H]2C(=O)N[C@@H](CCCN=C(N)N)C(=O)N[C@@H](CCCN=C(N)N)C(N)=O)C(C)C)cc1. The molecule has 1 heterocycles. The first-order valence-corrected chi connectivity index (χ1v) is 29.6. The van der Waals surface area contributed by atoms with Crippen molar-refractivity contribution in [2.45, 2.75) is 153 Å². The number of unbranched alkanes of at least 4 members (excludes halogenated alkanes) is 1. The molecule has 1 fully saturated rings. The third kappa shape index (κ3) is 24.9. The van der Waals surface area contributed by atoms with E-state index in [0.717, 1.165) is 0 Å². The van der Waals surface area contributed by atoms with Gasteiger partial charge in [-0.15, -0.1) is 0 Å². The molecule has 0 aliphatic carbocycles. The molecule has 0 aromatic heterocycles. The molecule has 1 saturated heterocycles. The summed E-state index contributed by atoms with van der Waals surface area (Å²) >= 11 is 0. The molecule has 0 radical (unpaired) electrons. The summed E-state index contributed by atoms with van der Waals surface area (Å²) in [7, 11) is 0. The van der Waals surface area contributed by atoms with Gasteiger partial charge in [-0.25, -0.2) is 0 Å². The Morgan fingerprint density at radius 1 is 0.557 bits per heavy atom. The van der Waals surface area contributed by atoms with Crippen LogP contribution in [0.5, 0.6) is 5.75 Å². The number of primary amides is 2. The van der Waals surface area contributed by atoms with Gasteiger partial charge in [-0.1, -0.05) is 86.6 Å². The van der Waals surface area contributed by atoms with Crippen LogP contribution in [-0.2, 0) is 67.2 Å². The Bertz CT molecular complexity index is 2850. The van der Waals surface area contributed by atoms with Gasteiger partial charge in [-0.2, -0.15) is 0 Å². The van der Waals surface area contributed by atoms with Crippen LogP contribution in [0.1, 0.15) is 102 Å². The minimum absolute atomic E-state index is 0.00521. The quantitative estimate of drug-likeness (QED) is 0.0164. The van der Waals surface area contributed by atoms with Crippen LogP contribution in [0.4, 0.5) is 0 Å². The van der Waals surface area contributed by atoms with Gasteiger partial charge in [-0.05, 0) is 106 Å². The highest BCUT2D eigenvalue weighted by Crippen LogP contribution is 2.22. The van der Waals surface area contributed by atoms with E-state index in [2.05, 4.69) is 47.2 Å². The van der Waals surface area contributed by atoms with Crippen molar-refractivity contribution in [3.63, 3.8) is 0 Å². The average Bonchev–Trinajstić information content (AvgIpc) is 2.38. The second-order valence-corrected chi connectivity index (χ2v) is 21.7. The fraction of sp³-hybridized carbons (Fsp3) is 0.500. The minimum atomic E-state index is -1.69. The number of aliphatic imine (C=N–C) groups is 2. The first-order chi connectivity index (χ1) is 42.0. The smallest absolute Gasteiger partial charge is 0.245 e. The maximum Gasteiger partial charge on any atom is 0.245 e. The number of amides is 10. The Hall–Kier alpha value is -9.34. The second kappa shape index (κ2) is 37.3. The topological polar surface area (TPSA) is 474 Å². The molecular formula is C60H89N17O11. The van der Waals surface area contributed by atoms with Gasteiger partial charge < -0.3 is 87.0 Å². The molecule has 0 spiro atoms. The lowest BCUT2D eigenvalue weighted by molar-refractivity contribution is -0.143. The van der Waals surface area contributed by atoms with Crippen LogP contribution >= 0.6 is 0 Å². The van der Waals surface area contributed by atoms with E-state index in [-0.39, 0.29) is 95.9 Å². The Morgan fingerprint density at radius 2 is 1.06 bits per heavy atom. The molecule has 3 aromatic carbocycles. The van der Waals surface area contributed by atoms with Gasteiger partial charge in [0.1, 0.15) is 54.1 Å². The Labute approximate surface area is 512 Å².